The number of aromatic nitrogens is 1. The minimum Gasteiger partial charge on any atom is -0.228 e. The van der Waals surface area contributed by atoms with Crippen molar-refractivity contribution in [1.29, 1.82) is 5.26 Å². The van der Waals surface area contributed by atoms with Crippen LogP contribution in [0.1, 0.15) is 5.56 Å². The first-order valence-corrected chi connectivity index (χ1v) is 3.76. The van der Waals surface area contributed by atoms with Crippen molar-refractivity contribution in [2.45, 2.75) is 0 Å². The van der Waals surface area contributed by atoms with Crippen molar-refractivity contribution in [3.05, 3.63) is 42.0 Å². The first kappa shape index (κ1) is 7.69. The number of pyridine rings is 1. The third-order valence-electron chi connectivity index (χ3n) is 1.87. The molecule has 0 spiro atoms. The van der Waals surface area contributed by atoms with Gasteiger partial charge in [0.1, 0.15) is 0 Å². The molecule has 0 aliphatic heterocycles. The van der Waals surface area contributed by atoms with Gasteiger partial charge < -0.3 is 0 Å². The predicted molar refractivity (Wildman–Crippen MR) is 46.4 cm³/mol. The summed E-state index contributed by atoms with van der Waals surface area (Å²) in [6.45, 7) is 0. The lowest BCUT2D eigenvalue weighted by Crippen LogP contribution is -1.87. The first-order chi connectivity index (χ1) is 6.33. The van der Waals surface area contributed by atoms with E-state index in [9.17, 15) is 4.39 Å². The standard InChI is InChI=1S/C10H5FN2/c11-10-9-7(4-5-13-10)2-1-3-8(9)6-12/h1-5H. The minimum atomic E-state index is -0.588. The number of fused-ring (bicyclic) bond motifs is 1. The topological polar surface area (TPSA) is 36.7 Å². The van der Waals surface area contributed by atoms with E-state index in [1.165, 1.54) is 6.20 Å². The summed E-state index contributed by atoms with van der Waals surface area (Å²) in [5, 5.41) is 9.71. The Balaban J connectivity index is 2.97. The van der Waals surface area contributed by atoms with Crippen LogP contribution in [0.3, 0.4) is 0 Å². The summed E-state index contributed by atoms with van der Waals surface area (Å²) in [5.74, 6) is -0.588. The summed E-state index contributed by atoms with van der Waals surface area (Å²) < 4.78 is 13.2. The fraction of sp³-hybridized carbons (Fsp3) is 0. The molecule has 0 aliphatic rings. The van der Waals surface area contributed by atoms with Crippen molar-refractivity contribution in [1.82, 2.24) is 4.98 Å². The third-order valence-corrected chi connectivity index (χ3v) is 1.87. The second-order valence-electron chi connectivity index (χ2n) is 2.62. The van der Waals surface area contributed by atoms with Crippen LogP contribution >= 0.6 is 0 Å². The summed E-state index contributed by atoms with van der Waals surface area (Å²) in [6.07, 6.45) is 1.39. The van der Waals surface area contributed by atoms with Gasteiger partial charge in [-0.2, -0.15) is 9.65 Å². The van der Waals surface area contributed by atoms with E-state index < -0.39 is 5.95 Å². The molecule has 13 heavy (non-hydrogen) atoms. The van der Waals surface area contributed by atoms with Gasteiger partial charge in [-0.3, -0.25) is 0 Å². The maximum absolute atomic E-state index is 13.2. The normalized spacial score (nSPS) is 9.85. The molecule has 1 heterocycles. The molecule has 0 saturated heterocycles. The van der Waals surface area contributed by atoms with Gasteiger partial charge in [-0.05, 0) is 17.5 Å². The van der Waals surface area contributed by atoms with Gasteiger partial charge >= 0.3 is 0 Å². The molecule has 2 nitrogen and oxygen atoms in total. The third kappa shape index (κ3) is 1.13. The van der Waals surface area contributed by atoms with Gasteiger partial charge in [0, 0.05) is 6.20 Å². The Kier molecular flexibility index (Phi) is 1.67. The second kappa shape index (κ2) is 2.83. The highest BCUT2D eigenvalue weighted by Gasteiger charge is 2.05. The van der Waals surface area contributed by atoms with E-state index in [2.05, 4.69) is 4.98 Å². The Bertz CT molecular complexity index is 494. The molecule has 0 fully saturated rings. The number of benzene rings is 1. The highest BCUT2D eigenvalue weighted by atomic mass is 19.1. The van der Waals surface area contributed by atoms with E-state index in [1.807, 2.05) is 6.07 Å². The molecule has 0 N–H and O–H groups in total. The smallest absolute Gasteiger partial charge is 0.222 e. The van der Waals surface area contributed by atoms with Gasteiger partial charge in [0.25, 0.3) is 0 Å². The molecule has 3 heteroatoms. The maximum Gasteiger partial charge on any atom is 0.222 e. The van der Waals surface area contributed by atoms with Crippen molar-refractivity contribution in [2.75, 3.05) is 0 Å². The molecular formula is C10H5FN2. The zero-order valence-corrected chi connectivity index (χ0v) is 6.66. The number of rotatable bonds is 0. The zero-order valence-electron chi connectivity index (χ0n) is 6.66. The molecule has 0 unspecified atom stereocenters. The number of hydrogen-bond donors (Lipinski definition) is 0. The van der Waals surface area contributed by atoms with Crippen LogP contribution in [0, 0.1) is 17.3 Å². The summed E-state index contributed by atoms with van der Waals surface area (Å²) in [7, 11) is 0. The van der Waals surface area contributed by atoms with Crippen LogP contribution in [0.2, 0.25) is 0 Å². The molecule has 0 radical (unpaired) electrons. The molecule has 1 aromatic carbocycles. The highest BCUT2D eigenvalue weighted by Crippen LogP contribution is 2.19. The fourth-order valence-corrected chi connectivity index (χ4v) is 1.28. The Morgan fingerprint density at radius 3 is 2.92 bits per heavy atom. The van der Waals surface area contributed by atoms with E-state index in [0.717, 1.165) is 0 Å². The van der Waals surface area contributed by atoms with Crippen molar-refractivity contribution < 1.29 is 4.39 Å². The lowest BCUT2D eigenvalue weighted by atomic mass is 10.1. The average molecular weight is 172 g/mol. The molecule has 2 aromatic rings. The average Bonchev–Trinajstić information content (AvgIpc) is 2.17. The van der Waals surface area contributed by atoms with Crippen LogP contribution in [0.25, 0.3) is 10.8 Å². The Labute approximate surface area is 74.3 Å². The van der Waals surface area contributed by atoms with E-state index in [4.69, 9.17) is 5.26 Å². The molecule has 0 atom stereocenters. The molecule has 0 saturated carbocycles. The number of nitriles is 1. The van der Waals surface area contributed by atoms with Gasteiger partial charge in [0.15, 0.2) is 0 Å². The lowest BCUT2D eigenvalue weighted by molar-refractivity contribution is 0.596. The Morgan fingerprint density at radius 1 is 1.31 bits per heavy atom. The van der Waals surface area contributed by atoms with E-state index in [1.54, 1.807) is 24.3 Å². The largest absolute Gasteiger partial charge is 0.228 e. The SMILES string of the molecule is N#Cc1cccc2ccnc(F)c12. The number of nitrogens with zero attached hydrogens (tertiary/aromatic N) is 2. The van der Waals surface area contributed by atoms with E-state index >= 15 is 0 Å². The predicted octanol–water partition coefficient (Wildman–Crippen LogP) is 2.25. The first-order valence-electron chi connectivity index (χ1n) is 3.76. The van der Waals surface area contributed by atoms with Crippen LogP contribution < -0.4 is 0 Å². The molecular weight excluding hydrogens is 167 g/mol. The molecule has 2 rings (SSSR count). The van der Waals surface area contributed by atoms with Gasteiger partial charge in [-0.25, -0.2) is 4.98 Å². The summed E-state index contributed by atoms with van der Waals surface area (Å²) in [5.41, 5.74) is 0.322. The summed E-state index contributed by atoms with van der Waals surface area (Å²) in [4.78, 5) is 3.50. The Morgan fingerprint density at radius 2 is 2.15 bits per heavy atom. The Hall–Kier alpha value is -1.95. The summed E-state index contributed by atoms with van der Waals surface area (Å²) >= 11 is 0. The number of hydrogen-bond acceptors (Lipinski definition) is 2. The van der Waals surface area contributed by atoms with Gasteiger partial charge in [0.05, 0.1) is 17.0 Å². The van der Waals surface area contributed by atoms with Crippen LogP contribution in [-0.4, -0.2) is 4.98 Å². The maximum atomic E-state index is 13.2. The minimum absolute atomic E-state index is 0.299. The van der Waals surface area contributed by atoms with Crippen molar-refractivity contribution >= 4 is 10.8 Å². The molecule has 0 aliphatic carbocycles. The molecule has 1 aromatic heterocycles. The molecule has 0 amide bonds. The van der Waals surface area contributed by atoms with Crippen molar-refractivity contribution in [3.8, 4) is 6.07 Å². The molecule has 0 bridgehead atoms. The zero-order chi connectivity index (χ0) is 9.26. The summed E-state index contributed by atoms with van der Waals surface area (Å²) in [6, 6.07) is 8.66. The van der Waals surface area contributed by atoms with Crippen LogP contribution in [0.4, 0.5) is 4.39 Å². The lowest BCUT2D eigenvalue weighted by Gasteiger charge is -1.98. The van der Waals surface area contributed by atoms with Gasteiger partial charge in [0.2, 0.25) is 5.95 Å². The van der Waals surface area contributed by atoms with Gasteiger partial charge in [-0.1, -0.05) is 12.1 Å². The molecule has 62 valence electrons. The highest BCUT2D eigenvalue weighted by molar-refractivity contribution is 5.87. The van der Waals surface area contributed by atoms with Crippen LogP contribution in [0.5, 0.6) is 0 Å². The fourth-order valence-electron chi connectivity index (χ4n) is 1.28. The van der Waals surface area contributed by atoms with Crippen molar-refractivity contribution in [2.24, 2.45) is 0 Å². The van der Waals surface area contributed by atoms with E-state index in [-0.39, 0.29) is 0 Å². The van der Waals surface area contributed by atoms with Gasteiger partial charge in [-0.15, -0.1) is 0 Å². The number of halogens is 1. The monoisotopic (exact) mass is 172 g/mol. The van der Waals surface area contributed by atoms with Crippen molar-refractivity contribution in [3.63, 3.8) is 0 Å². The van der Waals surface area contributed by atoms with Crippen LogP contribution in [-0.2, 0) is 0 Å². The van der Waals surface area contributed by atoms with E-state index in [0.29, 0.717) is 16.3 Å². The van der Waals surface area contributed by atoms with Crippen LogP contribution in [0.15, 0.2) is 30.5 Å². The quantitative estimate of drug-likeness (QED) is 0.571. The second-order valence-corrected chi connectivity index (χ2v) is 2.62.